The lowest BCUT2D eigenvalue weighted by Gasteiger charge is -2.31. The zero-order valence-electron chi connectivity index (χ0n) is 10.3. The number of nitrogens with one attached hydrogen (secondary N) is 1. The molecule has 1 aliphatic rings. The molecule has 1 aromatic heterocycles. The Morgan fingerprint density at radius 2 is 2.31 bits per heavy atom. The van der Waals surface area contributed by atoms with Gasteiger partial charge < -0.3 is 10.1 Å². The maximum absolute atomic E-state index is 5.93. The van der Waals surface area contributed by atoms with Gasteiger partial charge in [0.25, 0.3) is 0 Å². The van der Waals surface area contributed by atoms with E-state index in [1.54, 1.807) is 11.3 Å². The standard InChI is InChI=1S/C12H20N2OS/c1-9-10(8-13-3)16-11(14-9)12(2)6-4-5-7-15-12/h13H,4-8H2,1-3H3. The van der Waals surface area contributed by atoms with Crippen molar-refractivity contribution in [3.63, 3.8) is 0 Å². The van der Waals surface area contributed by atoms with E-state index in [-0.39, 0.29) is 5.60 Å². The van der Waals surface area contributed by atoms with E-state index in [0.717, 1.165) is 30.3 Å². The van der Waals surface area contributed by atoms with Crippen molar-refractivity contribution < 1.29 is 4.74 Å². The first-order valence-electron chi connectivity index (χ1n) is 5.91. The molecule has 2 rings (SSSR count). The van der Waals surface area contributed by atoms with Crippen LogP contribution in [-0.2, 0) is 16.9 Å². The van der Waals surface area contributed by atoms with Gasteiger partial charge >= 0.3 is 0 Å². The summed E-state index contributed by atoms with van der Waals surface area (Å²) in [6.07, 6.45) is 3.53. The van der Waals surface area contributed by atoms with Crippen LogP contribution in [0.4, 0.5) is 0 Å². The molecule has 90 valence electrons. The highest BCUT2D eigenvalue weighted by atomic mass is 32.1. The van der Waals surface area contributed by atoms with E-state index in [2.05, 4.69) is 24.1 Å². The van der Waals surface area contributed by atoms with Crippen LogP contribution in [0, 0.1) is 6.92 Å². The number of aryl methyl sites for hydroxylation is 1. The molecule has 1 saturated heterocycles. The summed E-state index contributed by atoms with van der Waals surface area (Å²) in [6, 6.07) is 0. The molecule has 4 heteroatoms. The van der Waals surface area contributed by atoms with Gasteiger partial charge in [-0.05, 0) is 40.2 Å². The van der Waals surface area contributed by atoms with Gasteiger partial charge in [-0.2, -0.15) is 0 Å². The third-order valence-corrected chi connectivity index (χ3v) is 4.55. The van der Waals surface area contributed by atoms with Crippen molar-refractivity contribution in [3.8, 4) is 0 Å². The third-order valence-electron chi connectivity index (χ3n) is 3.15. The Morgan fingerprint density at radius 1 is 1.50 bits per heavy atom. The average Bonchev–Trinajstić information content (AvgIpc) is 2.63. The van der Waals surface area contributed by atoms with Crippen LogP contribution >= 0.6 is 11.3 Å². The topological polar surface area (TPSA) is 34.1 Å². The number of rotatable bonds is 3. The molecule has 2 heterocycles. The quantitative estimate of drug-likeness (QED) is 0.882. The lowest BCUT2D eigenvalue weighted by Crippen LogP contribution is -2.29. The molecule has 1 atom stereocenters. The van der Waals surface area contributed by atoms with Crippen molar-refractivity contribution >= 4 is 11.3 Å². The van der Waals surface area contributed by atoms with Gasteiger partial charge in [0.15, 0.2) is 0 Å². The molecule has 0 spiro atoms. The van der Waals surface area contributed by atoms with Crippen LogP contribution in [0.25, 0.3) is 0 Å². The van der Waals surface area contributed by atoms with E-state index in [0.29, 0.717) is 0 Å². The maximum atomic E-state index is 5.93. The Bertz CT molecular complexity index is 356. The Morgan fingerprint density at radius 3 is 2.94 bits per heavy atom. The van der Waals surface area contributed by atoms with Crippen molar-refractivity contribution in [2.24, 2.45) is 0 Å². The second-order valence-corrected chi connectivity index (χ2v) is 5.68. The minimum absolute atomic E-state index is 0.139. The normalized spacial score (nSPS) is 25.9. The molecular weight excluding hydrogens is 220 g/mol. The first-order chi connectivity index (χ1) is 7.65. The predicted octanol–water partition coefficient (Wildman–Crippen LogP) is 2.59. The molecule has 0 bridgehead atoms. The number of hydrogen-bond acceptors (Lipinski definition) is 4. The van der Waals surface area contributed by atoms with Crippen LogP contribution < -0.4 is 5.32 Å². The number of ether oxygens (including phenoxy) is 1. The average molecular weight is 240 g/mol. The number of hydrogen-bond donors (Lipinski definition) is 1. The lowest BCUT2D eigenvalue weighted by molar-refractivity contribution is -0.0702. The summed E-state index contributed by atoms with van der Waals surface area (Å²) >= 11 is 1.79. The highest BCUT2D eigenvalue weighted by molar-refractivity contribution is 7.11. The maximum Gasteiger partial charge on any atom is 0.125 e. The van der Waals surface area contributed by atoms with Gasteiger partial charge in [-0.25, -0.2) is 4.98 Å². The Kier molecular flexibility index (Phi) is 3.62. The van der Waals surface area contributed by atoms with Crippen molar-refractivity contribution in [2.45, 2.75) is 45.3 Å². The number of aromatic nitrogens is 1. The SMILES string of the molecule is CNCc1sc(C2(C)CCCCO2)nc1C. The molecule has 1 aromatic rings. The van der Waals surface area contributed by atoms with Gasteiger partial charge in [0.05, 0.1) is 5.69 Å². The summed E-state index contributed by atoms with van der Waals surface area (Å²) in [5, 5.41) is 4.33. The molecule has 1 aliphatic heterocycles. The molecule has 3 nitrogen and oxygen atoms in total. The number of nitrogens with zero attached hydrogens (tertiary/aromatic N) is 1. The van der Waals surface area contributed by atoms with Gasteiger partial charge in [-0.15, -0.1) is 11.3 Å². The summed E-state index contributed by atoms with van der Waals surface area (Å²) in [4.78, 5) is 6.00. The van der Waals surface area contributed by atoms with Crippen molar-refractivity contribution in [2.75, 3.05) is 13.7 Å². The van der Waals surface area contributed by atoms with Crippen LogP contribution in [0.1, 0.15) is 41.8 Å². The summed E-state index contributed by atoms with van der Waals surface area (Å²) in [6.45, 7) is 6.03. The van der Waals surface area contributed by atoms with E-state index in [1.165, 1.54) is 17.7 Å². The van der Waals surface area contributed by atoms with E-state index in [1.807, 2.05) is 7.05 Å². The zero-order valence-corrected chi connectivity index (χ0v) is 11.1. The monoisotopic (exact) mass is 240 g/mol. The fraction of sp³-hybridized carbons (Fsp3) is 0.750. The largest absolute Gasteiger partial charge is 0.368 e. The van der Waals surface area contributed by atoms with Gasteiger partial charge in [-0.1, -0.05) is 0 Å². The molecule has 0 aromatic carbocycles. The Labute approximate surface area is 101 Å². The van der Waals surface area contributed by atoms with Gasteiger partial charge in [0.1, 0.15) is 10.6 Å². The van der Waals surface area contributed by atoms with E-state index < -0.39 is 0 Å². The molecule has 1 fully saturated rings. The fourth-order valence-electron chi connectivity index (χ4n) is 2.08. The zero-order chi connectivity index (χ0) is 11.6. The first kappa shape index (κ1) is 12.0. The molecule has 1 unspecified atom stereocenters. The van der Waals surface area contributed by atoms with Gasteiger partial charge in [-0.3, -0.25) is 0 Å². The van der Waals surface area contributed by atoms with Gasteiger partial charge in [0.2, 0.25) is 0 Å². The fourth-order valence-corrected chi connectivity index (χ4v) is 3.28. The smallest absolute Gasteiger partial charge is 0.125 e. The lowest BCUT2D eigenvalue weighted by atomic mass is 9.97. The molecule has 0 aliphatic carbocycles. The van der Waals surface area contributed by atoms with Crippen LogP contribution in [0.2, 0.25) is 0 Å². The highest BCUT2D eigenvalue weighted by Gasteiger charge is 2.33. The minimum atomic E-state index is -0.139. The molecule has 0 saturated carbocycles. The first-order valence-corrected chi connectivity index (χ1v) is 6.73. The highest BCUT2D eigenvalue weighted by Crippen LogP contribution is 2.37. The molecule has 16 heavy (non-hydrogen) atoms. The van der Waals surface area contributed by atoms with Gasteiger partial charge in [0, 0.05) is 18.0 Å². The van der Waals surface area contributed by atoms with Crippen molar-refractivity contribution in [1.29, 1.82) is 0 Å². The Hall–Kier alpha value is -0.450. The minimum Gasteiger partial charge on any atom is -0.368 e. The van der Waals surface area contributed by atoms with Crippen LogP contribution in [0.5, 0.6) is 0 Å². The molecule has 0 radical (unpaired) electrons. The molecule has 1 N–H and O–H groups in total. The van der Waals surface area contributed by atoms with Crippen LogP contribution in [0.15, 0.2) is 0 Å². The summed E-state index contributed by atoms with van der Waals surface area (Å²) < 4.78 is 5.93. The van der Waals surface area contributed by atoms with Crippen molar-refractivity contribution in [3.05, 3.63) is 15.6 Å². The molecule has 0 amide bonds. The number of thiazole rings is 1. The van der Waals surface area contributed by atoms with E-state index >= 15 is 0 Å². The van der Waals surface area contributed by atoms with E-state index in [9.17, 15) is 0 Å². The third kappa shape index (κ3) is 2.29. The molecular formula is C12H20N2OS. The van der Waals surface area contributed by atoms with Crippen LogP contribution in [0.3, 0.4) is 0 Å². The second kappa shape index (κ2) is 4.82. The van der Waals surface area contributed by atoms with E-state index in [4.69, 9.17) is 4.74 Å². The second-order valence-electron chi connectivity index (χ2n) is 4.59. The predicted molar refractivity (Wildman–Crippen MR) is 66.8 cm³/mol. The van der Waals surface area contributed by atoms with Crippen LogP contribution in [-0.4, -0.2) is 18.6 Å². The summed E-state index contributed by atoms with van der Waals surface area (Å²) in [5.74, 6) is 0. The Balaban J connectivity index is 2.22. The van der Waals surface area contributed by atoms with Crippen molar-refractivity contribution in [1.82, 2.24) is 10.3 Å². The summed E-state index contributed by atoms with van der Waals surface area (Å²) in [5.41, 5.74) is 1.00. The summed E-state index contributed by atoms with van der Waals surface area (Å²) in [7, 11) is 1.97.